The third kappa shape index (κ3) is 3.13. The van der Waals surface area contributed by atoms with Crippen LogP contribution in [0.5, 0.6) is 11.5 Å². The van der Waals surface area contributed by atoms with Crippen LogP contribution >= 0.6 is 11.3 Å². The molecule has 30 heavy (non-hydrogen) atoms. The monoisotopic (exact) mass is 418 g/mol. The summed E-state index contributed by atoms with van der Waals surface area (Å²) in [7, 11) is 0. The number of imide groups is 1. The molecule has 0 bridgehead atoms. The Bertz CT molecular complexity index is 1180. The van der Waals surface area contributed by atoms with Gasteiger partial charge in [-0.05, 0) is 48.2 Å². The minimum absolute atomic E-state index is 0.251. The summed E-state index contributed by atoms with van der Waals surface area (Å²) < 4.78 is 11.2. The zero-order valence-electron chi connectivity index (χ0n) is 16.2. The van der Waals surface area contributed by atoms with Crippen molar-refractivity contribution in [2.75, 3.05) is 23.4 Å². The SMILES string of the molecule is Cc1cccc(N2C(=O)C(Nc3ccc4c(c3)OCCO4)=C(c3cccs3)C2=O)c1. The Labute approximate surface area is 177 Å². The number of carbonyl (C=O) groups is 2. The van der Waals surface area contributed by atoms with Gasteiger partial charge in [-0.1, -0.05) is 18.2 Å². The lowest BCUT2D eigenvalue weighted by atomic mass is 10.1. The van der Waals surface area contributed by atoms with Crippen molar-refractivity contribution in [3.63, 3.8) is 0 Å². The molecule has 1 aromatic heterocycles. The topological polar surface area (TPSA) is 67.9 Å². The predicted molar refractivity (Wildman–Crippen MR) is 116 cm³/mol. The molecule has 0 saturated carbocycles. The highest BCUT2D eigenvalue weighted by Crippen LogP contribution is 2.37. The van der Waals surface area contributed by atoms with Gasteiger partial charge < -0.3 is 14.8 Å². The first kappa shape index (κ1) is 18.4. The number of nitrogens with zero attached hydrogens (tertiary/aromatic N) is 1. The van der Waals surface area contributed by atoms with Crippen LogP contribution in [-0.2, 0) is 9.59 Å². The van der Waals surface area contributed by atoms with Crippen LogP contribution in [0.1, 0.15) is 10.4 Å². The van der Waals surface area contributed by atoms with Crippen LogP contribution < -0.4 is 19.7 Å². The van der Waals surface area contributed by atoms with E-state index in [1.807, 2.05) is 42.6 Å². The van der Waals surface area contributed by atoms with Gasteiger partial charge in [0.05, 0.1) is 11.3 Å². The highest BCUT2D eigenvalue weighted by Gasteiger charge is 2.40. The Kier molecular flexibility index (Phi) is 4.52. The molecule has 0 fully saturated rings. The van der Waals surface area contributed by atoms with Crippen LogP contribution in [0.4, 0.5) is 11.4 Å². The van der Waals surface area contributed by atoms with Gasteiger partial charge in [0, 0.05) is 16.6 Å². The van der Waals surface area contributed by atoms with Gasteiger partial charge in [-0.25, -0.2) is 4.90 Å². The van der Waals surface area contributed by atoms with Crippen molar-refractivity contribution in [3.05, 3.63) is 76.1 Å². The quantitative estimate of drug-likeness (QED) is 0.643. The van der Waals surface area contributed by atoms with E-state index in [-0.39, 0.29) is 17.5 Å². The second kappa shape index (κ2) is 7.35. The summed E-state index contributed by atoms with van der Waals surface area (Å²) in [5.74, 6) is 0.545. The molecule has 150 valence electrons. The number of thiophene rings is 1. The van der Waals surface area contributed by atoms with Gasteiger partial charge in [0.1, 0.15) is 18.9 Å². The molecule has 0 spiro atoms. The Morgan fingerprint density at radius 1 is 0.933 bits per heavy atom. The summed E-state index contributed by atoms with van der Waals surface area (Å²) in [5, 5.41) is 5.05. The lowest BCUT2D eigenvalue weighted by molar-refractivity contribution is -0.120. The number of anilines is 2. The average molecular weight is 418 g/mol. The first-order valence-corrected chi connectivity index (χ1v) is 10.4. The van der Waals surface area contributed by atoms with Crippen molar-refractivity contribution in [1.29, 1.82) is 0 Å². The van der Waals surface area contributed by atoms with Crippen LogP contribution in [0.15, 0.2) is 65.7 Å². The number of carbonyl (C=O) groups excluding carboxylic acids is 2. The summed E-state index contributed by atoms with van der Waals surface area (Å²) in [6.07, 6.45) is 0. The normalized spacial score (nSPS) is 15.7. The van der Waals surface area contributed by atoms with E-state index in [4.69, 9.17) is 9.47 Å². The Hall–Kier alpha value is -3.58. The smallest absolute Gasteiger partial charge is 0.282 e. The van der Waals surface area contributed by atoms with E-state index in [1.165, 1.54) is 16.2 Å². The highest BCUT2D eigenvalue weighted by atomic mass is 32.1. The molecule has 1 N–H and O–H groups in total. The fourth-order valence-electron chi connectivity index (χ4n) is 3.56. The van der Waals surface area contributed by atoms with Crippen molar-refractivity contribution in [1.82, 2.24) is 0 Å². The van der Waals surface area contributed by atoms with Crippen molar-refractivity contribution >= 4 is 40.1 Å². The molecule has 3 aromatic rings. The fraction of sp³-hybridized carbons (Fsp3) is 0.130. The lowest BCUT2D eigenvalue weighted by Gasteiger charge is -2.19. The molecule has 0 radical (unpaired) electrons. The Morgan fingerprint density at radius 3 is 2.53 bits per heavy atom. The molecule has 0 unspecified atom stereocenters. The van der Waals surface area contributed by atoms with E-state index in [0.717, 1.165) is 10.4 Å². The molecule has 0 aliphatic carbocycles. The summed E-state index contributed by atoms with van der Waals surface area (Å²) in [6, 6.07) is 16.4. The minimum atomic E-state index is -0.385. The molecule has 7 heteroatoms. The third-order valence-electron chi connectivity index (χ3n) is 4.92. The summed E-state index contributed by atoms with van der Waals surface area (Å²) >= 11 is 1.42. The van der Waals surface area contributed by atoms with Crippen LogP contribution in [0.2, 0.25) is 0 Å². The van der Waals surface area contributed by atoms with Gasteiger partial charge in [0.25, 0.3) is 11.8 Å². The number of aryl methyl sites for hydroxylation is 1. The van der Waals surface area contributed by atoms with Gasteiger partial charge in [0.15, 0.2) is 11.5 Å². The first-order chi connectivity index (χ1) is 14.6. The summed E-state index contributed by atoms with van der Waals surface area (Å²) in [5.41, 5.74) is 2.79. The maximum absolute atomic E-state index is 13.4. The zero-order valence-corrected chi connectivity index (χ0v) is 17.0. The van der Waals surface area contributed by atoms with E-state index >= 15 is 0 Å². The molecule has 6 nitrogen and oxygen atoms in total. The highest BCUT2D eigenvalue weighted by molar-refractivity contribution is 7.11. The summed E-state index contributed by atoms with van der Waals surface area (Å²) in [6.45, 7) is 2.90. The van der Waals surface area contributed by atoms with E-state index in [1.54, 1.807) is 24.3 Å². The Morgan fingerprint density at radius 2 is 1.77 bits per heavy atom. The van der Waals surface area contributed by atoms with Gasteiger partial charge in [-0.2, -0.15) is 0 Å². The number of ether oxygens (including phenoxy) is 2. The van der Waals surface area contributed by atoms with Crippen LogP contribution in [-0.4, -0.2) is 25.0 Å². The molecule has 0 saturated heterocycles. The second-order valence-corrected chi connectivity index (χ2v) is 7.94. The van der Waals surface area contributed by atoms with Gasteiger partial charge in [-0.3, -0.25) is 9.59 Å². The standard InChI is InChI=1S/C23H18N2O4S/c1-14-4-2-5-16(12-14)25-22(26)20(19-6-3-11-30-19)21(23(25)27)24-15-7-8-17-18(13-15)29-10-9-28-17/h2-8,11-13,24H,9-10H2,1H3. The maximum atomic E-state index is 13.4. The third-order valence-corrected chi connectivity index (χ3v) is 5.81. The van der Waals surface area contributed by atoms with E-state index < -0.39 is 0 Å². The first-order valence-electron chi connectivity index (χ1n) is 9.52. The molecule has 3 heterocycles. The molecule has 0 atom stereocenters. The fourth-order valence-corrected chi connectivity index (χ4v) is 4.33. The number of hydrogen-bond acceptors (Lipinski definition) is 6. The number of benzene rings is 2. The van der Waals surface area contributed by atoms with Crippen molar-refractivity contribution in [2.45, 2.75) is 6.92 Å². The largest absolute Gasteiger partial charge is 0.486 e. The Balaban J connectivity index is 1.56. The van der Waals surface area contributed by atoms with E-state index in [9.17, 15) is 9.59 Å². The number of amides is 2. The molecule has 2 amide bonds. The average Bonchev–Trinajstić information content (AvgIpc) is 3.35. The van der Waals surface area contributed by atoms with Crippen molar-refractivity contribution in [2.24, 2.45) is 0 Å². The minimum Gasteiger partial charge on any atom is -0.486 e. The van der Waals surface area contributed by atoms with Crippen LogP contribution in [0, 0.1) is 6.92 Å². The number of rotatable bonds is 4. The second-order valence-electron chi connectivity index (χ2n) is 7.00. The molecule has 2 aliphatic rings. The molecule has 2 aliphatic heterocycles. The van der Waals surface area contributed by atoms with Crippen LogP contribution in [0.3, 0.4) is 0 Å². The lowest BCUT2D eigenvalue weighted by Crippen LogP contribution is -2.32. The number of nitrogens with one attached hydrogen (secondary N) is 1. The summed E-state index contributed by atoms with van der Waals surface area (Å²) in [4.78, 5) is 28.7. The van der Waals surface area contributed by atoms with Crippen molar-refractivity contribution < 1.29 is 19.1 Å². The number of hydrogen-bond donors (Lipinski definition) is 1. The maximum Gasteiger partial charge on any atom is 0.282 e. The van der Waals surface area contributed by atoms with Gasteiger partial charge >= 0.3 is 0 Å². The predicted octanol–water partition coefficient (Wildman–Crippen LogP) is 4.22. The van der Waals surface area contributed by atoms with Crippen LogP contribution in [0.25, 0.3) is 5.57 Å². The molecule has 5 rings (SSSR count). The number of fused-ring (bicyclic) bond motifs is 1. The zero-order chi connectivity index (χ0) is 20.7. The van der Waals surface area contributed by atoms with E-state index in [2.05, 4.69) is 5.32 Å². The van der Waals surface area contributed by atoms with Gasteiger partial charge in [0.2, 0.25) is 0 Å². The van der Waals surface area contributed by atoms with E-state index in [0.29, 0.717) is 41.7 Å². The molecular weight excluding hydrogens is 400 g/mol. The van der Waals surface area contributed by atoms with Crippen molar-refractivity contribution in [3.8, 4) is 11.5 Å². The molecule has 2 aromatic carbocycles. The molecular formula is C23H18N2O4S. The van der Waals surface area contributed by atoms with Gasteiger partial charge in [-0.15, -0.1) is 11.3 Å².